The van der Waals surface area contributed by atoms with Crippen LogP contribution >= 0.6 is 22.9 Å². The van der Waals surface area contributed by atoms with E-state index in [0.29, 0.717) is 13.0 Å². The fourth-order valence-electron chi connectivity index (χ4n) is 3.13. The molecule has 0 aliphatic carbocycles. The van der Waals surface area contributed by atoms with E-state index in [9.17, 15) is 9.18 Å². The van der Waals surface area contributed by atoms with Crippen molar-refractivity contribution in [2.75, 3.05) is 11.9 Å². The molecule has 9 heteroatoms. The minimum absolute atomic E-state index is 0.105. The lowest BCUT2D eigenvalue weighted by molar-refractivity contribution is 0.621. The van der Waals surface area contributed by atoms with Gasteiger partial charge < -0.3 is 16.0 Å². The molecule has 0 spiro atoms. The smallest absolute Gasteiger partial charge is 0.326 e. The Kier molecular flexibility index (Phi) is 5.40. The summed E-state index contributed by atoms with van der Waals surface area (Å²) in [6.07, 6.45) is 2.32. The van der Waals surface area contributed by atoms with E-state index in [4.69, 9.17) is 17.3 Å². The minimum Gasteiger partial charge on any atom is -0.360 e. The third-order valence-electron chi connectivity index (χ3n) is 4.69. The third kappa shape index (κ3) is 4.19. The molecule has 2 aromatic carbocycles. The third-order valence-corrected chi connectivity index (χ3v) is 6.00. The molecule has 150 valence electrons. The lowest BCUT2D eigenvalue weighted by atomic mass is 10.1. The van der Waals surface area contributed by atoms with Gasteiger partial charge in [-0.25, -0.2) is 14.2 Å². The van der Waals surface area contributed by atoms with E-state index in [1.54, 1.807) is 23.9 Å². The Morgan fingerprint density at radius 3 is 2.97 bits per heavy atom. The molecule has 0 aliphatic rings. The Labute approximate surface area is 175 Å². The predicted molar refractivity (Wildman–Crippen MR) is 116 cm³/mol. The van der Waals surface area contributed by atoms with Crippen molar-refractivity contribution in [1.82, 2.24) is 14.5 Å². The Hall–Kier alpha value is -2.68. The molecule has 6 nitrogen and oxygen atoms in total. The predicted octanol–water partition coefficient (Wildman–Crippen LogP) is 3.76. The van der Waals surface area contributed by atoms with Gasteiger partial charge in [-0.3, -0.25) is 4.57 Å². The summed E-state index contributed by atoms with van der Waals surface area (Å²) in [6, 6.07) is 10.3. The van der Waals surface area contributed by atoms with Crippen molar-refractivity contribution in [3.05, 3.63) is 69.5 Å². The van der Waals surface area contributed by atoms with E-state index in [-0.39, 0.29) is 16.8 Å². The number of benzene rings is 2. The molecule has 4 aromatic rings. The molecule has 0 radical (unpaired) electrons. The van der Waals surface area contributed by atoms with Crippen LogP contribution in [0.3, 0.4) is 0 Å². The van der Waals surface area contributed by atoms with Crippen molar-refractivity contribution in [1.29, 1.82) is 0 Å². The van der Waals surface area contributed by atoms with E-state index >= 15 is 0 Å². The van der Waals surface area contributed by atoms with Gasteiger partial charge in [0.1, 0.15) is 5.82 Å². The first kappa shape index (κ1) is 19.6. The Morgan fingerprint density at radius 1 is 1.34 bits per heavy atom. The van der Waals surface area contributed by atoms with Crippen LogP contribution in [0.15, 0.2) is 47.4 Å². The van der Waals surface area contributed by atoms with Crippen LogP contribution in [0.25, 0.3) is 21.5 Å². The molecule has 1 atom stereocenters. The summed E-state index contributed by atoms with van der Waals surface area (Å²) in [5.74, 6) is -0.439. The van der Waals surface area contributed by atoms with Crippen LogP contribution in [0, 0.1) is 5.82 Å². The van der Waals surface area contributed by atoms with Gasteiger partial charge in [-0.2, -0.15) is 0 Å². The standard InChI is InChI=1S/C20H19ClFN5OS/c1-27-17-8-12(3-5-16(17)26-20(27)28)18-10-25-19(29-18)24-9-13(23)6-11-2-4-14(21)15(22)7-11/h2-5,7-8,10,13H,6,9,23H2,1H3,(H,24,25)(H,26,28)/t13-/m1/s1. The van der Waals surface area contributed by atoms with Crippen LogP contribution in [-0.2, 0) is 13.5 Å². The molecule has 2 aromatic heterocycles. The minimum atomic E-state index is -0.439. The second kappa shape index (κ2) is 7.98. The number of aromatic nitrogens is 3. The molecule has 0 fully saturated rings. The molecular weight excluding hydrogens is 413 g/mol. The molecule has 0 bridgehead atoms. The van der Waals surface area contributed by atoms with E-state index < -0.39 is 5.82 Å². The highest BCUT2D eigenvalue weighted by molar-refractivity contribution is 7.18. The van der Waals surface area contributed by atoms with Crippen molar-refractivity contribution in [3.8, 4) is 10.4 Å². The zero-order valence-electron chi connectivity index (χ0n) is 15.6. The van der Waals surface area contributed by atoms with Crippen LogP contribution in [0.1, 0.15) is 5.56 Å². The first-order valence-corrected chi connectivity index (χ1v) is 10.2. The Morgan fingerprint density at radius 2 is 2.17 bits per heavy atom. The summed E-state index contributed by atoms with van der Waals surface area (Å²) in [7, 11) is 1.73. The van der Waals surface area contributed by atoms with E-state index in [0.717, 1.165) is 32.2 Å². The SMILES string of the molecule is Cn1c(=O)[nH]c2ccc(-c3cnc(NC[C@H](N)Cc4ccc(Cl)c(F)c4)s3)cc21. The maximum atomic E-state index is 13.6. The number of nitrogens with one attached hydrogen (secondary N) is 2. The number of nitrogens with two attached hydrogens (primary N) is 1. The number of aromatic amines is 1. The summed E-state index contributed by atoms with van der Waals surface area (Å²) in [5, 5.41) is 4.09. The van der Waals surface area contributed by atoms with Gasteiger partial charge in [-0.05, 0) is 41.8 Å². The number of imidazole rings is 1. The van der Waals surface area contributed by atoms with E-state index in [1.807, 2.05) is 18.2 Å². The van der Waals surface area contributed by atoms with Crippen molar-refractivity contribution in [2.45, 2.75) is 12.5 Å². The number of hydrogen-bond donors (Lipinski definition) is 3. The molecule has 29 heavy (non-hydrogen) atoms. The second-order valence-corrected chi connectivity index (χ2v) is 8.28. The Balaban J connectivity index is 1.42. The van der Waals surface area contributed by atoms with Gasteiger partial charge in [0.2, 0.25) is 0 Å². The number of anilines is 1. The van der Waals surface area contributed by atoms with Gasteiger partial charge in [-0.15, -0.1) is 0 Å². The fourth-order valence-corrected chi connectivity index (χ4v) is 4.06. The van der Waals surface area contributed by atoms with Crippen LogP contribution in [-0.4, -0.2) is 27.1 Å². The normalized spacial score (nSPS) is 12.4. The van der Waals surface area contributed by atoms with E-state index in [1.165, 1.54) is 23.5 Å². The number of H-pyrrole nitrogens is 1. The number of rotatable bonds is 6. The monoisotopic (exact) mass is 431 g/mol. The average molecular weight is 432 g/mol. The maximum absolute atomic E-state index is 13.6. The molecule has 0 aliphatic heterocycles. The highest BCUT2D eigenvalue weighted by atomic mass is 35.5. The fraction of sp³-hybridized carbons (Fsp3) is 0.200. The van der Waals surface area contributed by atoms with Gasteiger partial charge in [0.15, 0.2) is 5.13 Å². The number of fused-ring (bicyclic) bond motifs is 1. The summed E-state index contributed by atoms with van der Waals surface area (Å²) in [6.45, 7) is 0.503. The number of thiazole rings is 1. The summed E-state index contributed by atoms with van der Waals surface area (Å²) in [4.78, 5) is 19.9. The molecule has 4 N–H and O–H groups in total. The van der Waals surface area contributed by atoms with Crippen LogP contribution in [0.4, 0.5) is 9.52 Å². The largest absolute Gasteiger partial charge is 0.360 e. The summed E-state index contributed by atoms with van der Waals surface area (Å²) in [5.41, 5.74) is 9.45. The average Bonchev–Trinajstić information content (AvgIpc) is 3.28. The number of nitrogens with zero attached hydrogens (tertiary/aromatic N) is 2. The topological polar surface area (TPSA) is 88.7 Å². The first-order valence-electron chi connectivity index (χ1n) is 8.99. The lowest BCUT2D eigenvalue weighted by Gasteiger charge is -2.12. The molecule has 4 rings (SSSR count). The molecular formula is C20H19ClFN5OS. The van der Waals surface area contributed by atoms with Gasteiger partial charge in [0, 0.05) is 25.8 Å². The highest BCUT2D eigenvalue weighted by Crippen LogP contribution is 2.30. The molecule has 0 unspecified atom stereocenters. The zero-order valence-corrected chi connectivity index (χ0v) is 17.1. The van der Waals surface area contributed by atoms with Gasteiger partial charge in [0.05, 0.1) is 20.9 Å². The lowest BCUT2D eigenvalue weighted by Crippen LogP contribution is -2.31. The maximum Gasteiger partial charge on any atom is 0.326 e. The van der Waals surface area contributed by atoms with Crippen LogP contribution in [0.2, 0.25) is 5.02 Å². The number of halogens is 2. The first-order chi connectivity index (χ1) is 13.9. The molecule has 0 saturated heterocycles. The van der Waals surface area contributed by atoms with Crippen LogP contribution in [0.5, 0.6) is 0 Å². The highest BCUT2D eigenvalue weighted by Gasteiger charge is 2.11. The van der Waals surface area contributed by atoms with Gasteiger partial charge in [0.25, 0.3) is 0 Å². The zero-order chi connectivity index (χ0) is 20.5. The summed E-state index contributed by atoms with van der Waals surface area (Å²) >= 11 is 7.22. The molecule has 0 saturated carbocycles. The van der Waals surface area contributed by atoms with Crippen molar-refractivity contribution < 1.29 is 4.39 Å². The van der Waals surface area contributed by atoms with Crippen molar-refractivity contribution in [2.24, 2.45) is 12.8 Å². The number of hydrogen-bond acceptors (Lipinski definition) is 5. The quantitative estimate of drug-likeness (QED) is 0.433. The van der Waals surface area contributed by atoms with Crippen molar-refractivity contribution in [3.63, 3.8) is 0 Å². The molecule has 2 heterocycles. The van der Waals surface area contributed by atoms with Crippen molar-refractivity contribution >= 4 is 39.1 Å². The summed E-state index contributed by atoms with van der Waals surface area (Å²) < 4.78 is 15.1. The van der Waals surface area contributed by atoms with Gasteiger partial charge >= 0.3 is 5.69 Å². The van der Waals surface area contributed by atoms with Crippen LogP contribution < -0.4 is 16.7 Å². The van der Waals surface area contributed by atoms with E-state index in [2.05, 4.69) is 15.3 Å². The van der Waals surface area contributed by atoms with Gasteiger partial charge in [-0.1, -0.05) is 35.1 Å². The second-order valence-electron chi connectivity index (χ2n) is 6.84. The number of aryl methyl sites for hydroxylation is 1. The Bertz CT molecular complexity index is 1230. The molecule has 0 amide bonds.